The van der Waals surface area contributed by atoms with E-state index in [1.54, 1.807) is 0 Å². The minimum Gasteiger partial charge on any atom is -0.197 e. The van der Waals surface area contributed by atoms with Gasteiger partial charge in [-0.25, -0.2) is 0 Å². The molecule has 0 spiro atoms. The number of H-pyrrole nitrogens is 2. The molecule has 9 nitrogen and oxygen atoms in total. The van der Waals surface area contributed by atoms with Gasteiger partial charge < -0.3 is 0 Å². The van der Waals surface area contributed by atoms with Gasteiger partial charge in [0.1, 0.15) is 11.4 Å². The summed E-state index contributed by atoms with van der Waals surface area (Å²) >= 11 is 0. The number of azide groups is 1. The second-order valence-electron chi connectivity index (χ2n) is 2.36. The molecule has 2 aromatic heterocycles. The Bertz CT molecular complexity index is 447. The molecule has 0 radical (unpaired) electrons. The van der Waals surface area contributed by atoms with Crippen molar-refractivity contribution in [1.82, 2.24) is 30.8 Å². The van der Waals surface area contributed by atoms with E-state index in [0.717, 1.165) is 0 Å². The Kier molecular flexibility index (Phi) is 2.07. The van der Waals surface area contributed by atoms with Crippen molar-refractivity contribution in [2.75, 3.05) is 0 Å². The molecular weight excluding hydrogens is 186 g/mol. The van der Waals surface area contributed by atoms with Crippen molar-refractivity contribution in [2.24, 2.45) is 5.11 Å². The number of nitrogens with zero attached hydrogens (tertiary/aromatic N) is 7. The Balaban J connectivity index is 2.34. The van der Waals surface area contributed by atoms with Crippen molar-refractivity contribution in [2.45, 2.75) is 6.54 Å². The lowest BCUT2D eigenvalue weighted by Gasteiger charge is -1.89. The highest BCUT2D eigenvalue weighted by atomic mass is 15.4. The van der Waals surface area contributed by atoms with Crippen LogP contribution in [0.3, 0.4) is 0 Å². The number of rotatable bonds is 3. The summed E-state index contributed by atoms with van der Waals surface area (Å²) in [5.74, 6) is 0. The summed E-state index contributed by atoms with van der Waals surface area (Å²) in [4.78, 5) is 2.63. The molecule has 2 heterocycles. The van der Waals surface area contributed by atoms with Crippen molar-refractivity contribution < 1.29 is 0 Å². The van der Waals surface area contributed by atoms with Gasteiger partial charge in [-0.1, -0.05) is 5.11 Å². The lowest BCUT2D eigenvalue weighted by molar-refractivity contribution is 0.894. The molecule has 0 aromatic carbocycles. The quantitative estimate of drug-likeness (QED) is 0.412. The SMILES string of the molecule is [N-]=[N+]=NCc1n[nH]nc1-c1cn[nH]n1. The maximum atomic E-state index is 8.15. The number of hydrogen-bond acceptors (Lipinski definition) is 5. The molecule has 0 atom stereocenters. The molecule has 0 aliphatic heterocycles. The maximum absolute atomic E-state index is 8.15. The summed E-state index contributed by atoms with van der Waals surface area (Å²) in [6.45, 7) is 0.134. The van der Waals surface area contributed by atoms with E-state index in [1.165, 1.54) is 6.20 Å². The Morgan fingerprint density at radius 3 is 3.00 bits per heavy atom. The largest absolute Gasteiger partial charge is 0.197 e. The first-order valence-corrected chi connectivity index (χ1v) is 3.68. The van der Waals surface area contributed by atoms with Crippen LogP contribution in [0.15, 0.2) is 11.3 Å². The lowest BCUT2D eigenvalue weighted by Crippen LogP contribution is -1.86. The molecule has 0 amide bonds. The van der Waals surface area contributed by atoms with E-state index in [1.807, 2.05) is 0 Å². The van der Waals surface area contributed by atoms with E-state index in [9.17, 15) is 0 Å². The monoisotopic (exact) mass is 191 g/mol. The molecule has 0 unspecified atom stereocenters. The van der Waals surface area contributed by atoms with Crippen LogP contribution in [0.5, 0.6) is 0 Å². The smallest absolute Gasteiger partial charge is 0.138 e. The number of aromatic amines is 2. The second kappa shape index (κ2) is 3.54. The molecule has 0 aliphatic rings. The normalized spacial score (nSPS) is 9.71. The van der Waals surface area contributed by atoms with Crippen LogP contribution in [0.4, 0.5) is 0 Å². The van der Waals surface area contributed by atoms with Gasteiger partial charge in [-0.05, 0) is 5.53 Å². The average molecular weight is 191 g/mol. The van der Waals surface area contributed by atoms with Gasteiger partial charge in [0.25, 0.3) is 0 Å². The van der Waals surface area contributed by atoms with Crippen molar-refractivity contribution in [3.05, 3.63) is 22.3 Å². The fraction of sp³-hybridized carbons (Fsp3) is 0.200. The van der Waals surface area contributed by atoms with E-state index in [4.69, 9.17) is 5.53 Å². The molecule has 0 fully saturated rings. The average Bonchev–Trinajstić information content (AvgIpc) is 2.84. The summed E-state index contributed by atoms with van der Waals surface area (Å²) in [7, 11) is 0. The molecular formula is C5H5N9. The molecule has 0 saturated heterocycles. The summed E-state index contributed by atoms with van der Waals surface area (Å²) in [6.07, 6.45) is 1.51. The van der Waals surface area contributed by atoms with Gasteiger partial charge in [-0.2, -0.15) is 30.8 Å². The topological polar surface area (TPSA) is 132 Å². The second-order valence-corrected chi connectivity index (χ2v) is 2.36. The van der Waals surface area contributed by atoms with Gasteiger partial charge in [0.2, 0.25) is 0 Å². The number of nitrogens with one attached hydrogen (secondary N) is 2. The molecule has 70 valence electrons. The van der Waals surface area contributed by atoms with Crippen molar-refractivity contribution in [1.29, 1.82) is 0 Å². The van der Waals surface area contributed by atoms with E-state index in [0.29, 0.717) is 17.1 Å². The summed E-state index contributed by atoms with van der Waals surface area (Å²) in [6, 6.07) is 0. The third-order valence-corrected chi connectivity index (χ3v) is 1.56. The zero-order valence-corrected chi connectivity index (χ0v) is 6.91. The van der Waals surface area contributed by atoms with Gasteiger partial charge in [0, 0.05) is 4.91 Å². The van der Waals surface area contributed by atoms with Gasteiger partial charge in [0.15, 0.2) is 0 Å². The molecule has 2 aromatic rings. The van der Waals surface area contributed by atoms with Crippen LogP contribution in [0.25, 0.3) is 21.8 Å². The Morgan fingerprint density at radius 2 is 2.29 bits per heavy atom. The predicted molar refractivity (Wildman–Crippen MR) is 44.6 cm³/mol. The van der Waals surface area contributed by atoms with Crippen LogP contribution in [0, 0.1) is 0 Å². The molecule has 0 bridgehead atoms. The molecule has 14 heavy (non-hydrogen) atoms. The van der Waals surface area contributed by atoms with E-state index in [-0.39, 0.29) is 6.54 Å². The van der Waals surface area contributed by atoms with E-state index in [2.05, 4.69) is 40.8 Å². The molecule has 2 N–H and O–H groups in total. The first-order valence-electron chi connectivity index (χ1n) is 3.68. The first kappa shape index (κ1) is 8.20. The lowest BCUT2D eigenvalue weighted by atomic mass is 10.2. The van der Waals surface area contributed by atoms with Crippen molar-refractivity contribution >= 4 is 0 Å². The van der Waals surface area contributed by atoms with Crippen LogP contribution >= 0.6 is 0 Å². The summed E-state index contributed by atoms with van der Waals surface area (Å²) in [5, 5.41) is 23.4. The van der Waals surface area contributed by atoms with Crippen molar-refractivity contribution in [3.63, 3.8) is 0 Å². The van der Waals surface area contributed by atoms with Gasteiger partial charge in [-0.3, -0.25) is 0 Å². The molecule has 2 rings (SSSR count). The highest BCUT2D eigenvalue weighted by Gasteiger charge is 2.11. The first-order chi connectivity index (χ1) is 6.92. The minimum atomic E-state index is 0.134. The zero-order chi connectivity index (χ0) is 9.80. The number of hydrogen-bond donors (Lipinski definition) is 2. The predicted octanol–water partition coefficient (Wildman–Crippen LogP) is 0.400. The Labute approximate surface area is 77.2 Å². The standard InChI is InChI=1S/C5H5N9/c6-12-7-1-3-5(11-14-10-3)4-2-8-13-9-4/h2H,1H2,(H,8,9,13)(H,10,11,14). The Hall–Kier alpha value is -2.41. The summed E-state index contributed by atoms with van der Waals surface area (Å²) < 4.78 is 0. The molecule has 9 heteroatoms. The van der Waals surface area contributed by atoms with Crippen LogP contribution in [0.1, 0.15) is 5.69 Å². The van der Waals surface area contributed by atoms with E-state index < -0.39 is 0 Å². The molecule has 0 saturated carbocycles. The number of aromatic nitrogens is 6. The fourth-order valence-corrected chi connectivity index (χ4v) is 0.982. The van der Waals surface area contributed by atoms with Gasteiger partial charge >= 0.3 is 0 Å². The van der Waals surface area contributed by atoms with Crippen LogP contribution in [0.2, 0.25) is 0 Å². The third kappa shape index (κ3) is 1.39. The van der Waals surface area contributed by atoms with Crippen LogP contribution in [-0.4, -0.2) is 30.8 Å². The minimum absolute atomic E-state index is 0.134. The third-order valence-electron chi connectivity index (χ3n) is 1.56. The molecule has 0 aliphatic carbocycles. The highest BCUT2D eigenvalue weighted by Crippen LogP contribution is 2.15. The van der Waals surface area contributed by atoms with Gasteiger partial charge in [-0.15, -0.1) is 0 Å². The van der Waals surface area contributed by atoms with Crippen molar-refractivity contribution in [3.8, 4) is 11.4 Å². The Morgan fingerprint density at radius 1 is 1.36 bits per heavy atom. The van der Waals surface area contributed by atoms with Crippen LogP contribution in [-0.2, 0) is 6.54 Å². The zero-order valence-electron chi connectivity index (χ0n) is 6.91. The summed E-state index contributed by atoms with van der Waals surface area (Å²) in [5.41, 5.74) is 9.78. The fourth-order valence-electron chi connectivity index (χ4n) is 0.982. The van der Waals surface area contributed by atoms with E-state index >= 15 is 0 Å². The van der Waals surface area contributed by atoms with Crippen LogP contribution < -0.4 is 0 Å². The maximum Gasteiger partial charge on any atom is 0.138 e. The highest BCUT2D eigenvalue weighted by molar-refractivity contribution is 5.54. The van der Waals surface area contributed by atoms with Gasteiger partial charge in [0.05, 0.1) is 18.4 Å².